The van der Waals surface area contributed by atoms with Crippen LogP contribution in [-0.2, 0) is 24.3 Å². The molecule has 3 aliphatic heterocycles. The number of rotatable bonds is 7. The molecular formula is C24H31ClN4O5S2. The van der Waals surface area contributed by atoms with Gasteiger partial charge >= 0.3 is 0 Å². The number of piperidine rings is 1. The maximum atomic E-state index is 13.2. The average Bonchev–Trinajstić information content (AvgIpc) is 3.47. The van der Waals surface area contributed by atoms with Gasteiger partial charge in [0.1, 0.15) is 6.04 Å². The summed E-state index contributed by atoms with van der Waals surface area (Å²) in [5.74, 6) is -0.413. The smallest absolute Gasteiger partial charge is 0.242 e. The van der Waals surface area contributed by atoms with Crippen LogP contribution in [0.3, 0.4) is 0 Å². The molecule has 3 aliphatic rings. The van der Waals surface area contributed by atoms with Crippen LogP contribution in [0.4, 0.5) is 0 Å². The average molecular weight is 555 g/mol. The largest absolute Gasteiger partial charge is 0.379 e. The molecule has 2 aromatic rings. The van der Waals surface area contributed by atoms with Crippen LogP contribution in [0.5, 0.6) is 0 Å². The van der Waals surface area contributed by atoms with Gasteiger partial charge in [0.05, 0.1) is 29.0 Å². The van der Waals surface area contributed by atoms with Crippen molar-refractivity contribution in [2.45, 2.75) is 42.7 Å². The zero-order valence-corrected chi connectivity index (χ0v) is 22.4. The predicted octanol–water partition coefficient (Wildman–Crippen LogP) is 2.15. The van der Waals surface area contributed by atoms with Gasteiger partial charge in [-0.15, -0.1) is 11.3 Å². The summed E-state index contributed by atoms with van der Waals surface area (Å²) in [7, 11) is -3.91. The minimum atomic E-state index is -3.91. The van der Waals surface area contributed by atoms with Crippen molar-refractivity contribution in [1.29, 1.82) is 0 Å². The molecule has 1 aromatic heterocycles. The first-order valence-electron chi connectivity index (χ1n) is 12.4. The van der Waals surface area contributed by atoms with E-state index in [0.717, 1.165) is 55.8 Å². The molecule has 36 heavy (non-hydrogen) atoms. The van der Waals surface area contributed by atoms with Gasteiger partial charge in [0.25, 0.3) is 0 Å². The minimum Gasteiger partial charge on any atom is -0.379 e. The molecule has 1 aromatic carbocycles. The molecule has 9 nitrogen and oxygen atoms in total. The molecular weight excluding hydrogens is 524 g/mol. The number of benzene rings is 1. The highest BCUT2D eigenvalue weighted by Crippen LogP contribution is 2.31. The molecule has 3 saturated heterocycles. The molecule has 5 rings (SSSR count). The zero-order chi connectivity index (χ0) is 25.3. The van der Waals surface area contributed by atoms with Crippen molar-refractivity contribution in [3.63, 3.8) is 0 Å². The topological polar surface area (TPSA) is 99.3 Å². The molecule has 0 spiro atoms. The number of sulfonamides is 1. The van der Waals surface area contributed by atoms with Crippen molar-refractivity contribution in [3.05, 3.63) is 28.6 Å². The summed E-state index contributed by atoms with van der Waals surface area (Å²) in [6.45, 7) is 5.13. The highest BCUT2D eigenvalue weighted by molar-refractivity contribution is 7.89. The van der Waals surface area contributed by atoms with Gasteiger partial charge in [-0.2, -0.15) is 4.72 Å². The summed E-state index contributed by atoms with van der Waals surface area (Å²) in [5, 5.41) is 0.743. The summed E-state index contributed by atoms with van der Waals surface area (Å²) in [4.78, 5) is 32.2. The summed E-state index contributed by atoms with van der Waals surface area (Å²) in [6, 6.07) is 5.79. The van der Waals surface area contributed by atoms with Crippen LogP contribution in [-0.4, -0.2) is 99.5 Å². The van der Waals surface area contributed by atoms with Crippen LogP contribution in [0.15, 0.2) is 29.2 Å². The highest BCUT2D eigenvalue weighted by atomic mass is 35.5. The van der Waals surface area contributed by atoms with Crippen LogP contribution in [0.1, 0.15) is 25.7 Å². The summed E-state index contributed by atoms with van der Waals surface area (Å²) in [5.41, 5.74) is 0. The third-order valence-electron chi connectivity index (χ3n) is 7.19. The summed E-state index contributed by atoms with van der Waals surface area (Å²) in [6.07, 6.45) is 2.94. The van der Waals surface area contributed by atoms with Crippen molar-refractivity contribution >= 4 is 54.9 Å². The van der Waals surface area contributed by atoms with E-state index in [4.69, 9.17) is 16.3 Å². The fourth-order valence-corrected chi connectivity index (χ4v) is 7.70. The first-order chi connectivity index (χ1) is 17.3. The molecule has 1 N–H and O–H groups in total. The Morgan fingerprint density at radius 1 is 1.11 bits per heavy atom. The molecule has 0 saturated carbocycles. The number of fused-ring (bicyclic) bond motifs is 1. The van der Waals surface area contributed by atoms with Gasteiger partial charge in [0.15, 0.2) is 0 Å². The number of ether oxygens (including phenoxy) is 1. The van der Waals surface area contributed by atoms with Crippen LogP contribution < -0.4 is 4.72 Å². The van der Waals surface area contributed by atoms with Crippen LogP contribution >= 0.6 is 22.9 Å². The van der Waals surface area contributed by atoms with Gasteiger partial charge in [0, 0.05) is 43.5 Å². The number of hydrogen-bond acceptors (Lipinski definition) is 7. The van der Waals surface area contributed by atoms with Gasteiger partial charge in [-0.3, -0.25) is 14.5 Å². The maximum Gasteiger partial charge on any atom is 0.242 e. The van der Waals surface area contributed by atoms with E-state index in [1.54, 1.807) is 18.2 Å². The Balaban J connectivity index is 1.21. The molecule has 3 fully saturated rings. The van der Waals surface area contributed by atoms with Crippen molar-refractivity contribution < 1.29 is 22.7 Å². The van der Waals surface area contributed by atoms with Crippen molar-refractivity contribution in [3.8, 4) is 0 Å². The van der Waals surface area contributed by atoms with E-state index >= 15 is 0 Å². The van der Waals surface area contributed by atoms with Crippen LogP contribution in [0.2, 0.25) is 4.34 Å². The van der Waals surface area contributed by atoms with E-state index in [2.05, 4.69) is 9.62 Å². The van der Waals surface area contributed by atoms with Gasteiger partial charge in [-0.1, -0.05) is 11.6 Å². The number of nitrogens with zero attached hydrogens (tertiary/aromatic N) is 3. The Hall–Kier alpha value is -1.76. The third-order valence-corrected chi connectivity index (χ3v) is 9.91. The minimum absolute atomic E-state index is 0.0178. The quantitative estimate of drug-likeness (QED) is 0.563. The van der Waals surface area contributed by atoms with Gasteiger partial charge in [-0.05, 0) is 55.3 Å². The number of amides is 2. The first kappa shape index (κ1) is 25.9. The molecule has 196 valence electrons. The molecule has 0 radical (unpaired) electrons. The number of likely N-dealkylation sites (tertiary alicyclic amines) is 2. The maximum absolute atomic E-state index is 13.2. The van der Waals surface area contributed by atoms with Gasteiger partial charge in [0.2, 0.25) is 21.8 Å². The number of thiophene rings is 1. The van der Waals surface area contributed by atoms with Crippen LogP contribution in [0, 0.1) is 0 Å². The SMILES string of the molecule is O=C1[C@@H](NS(=O)(=O)c2ccc3sc(Cl)cc3c2)CCCN1CC(=O)N1CCC[C@H]1CN1CCOCC1. The lowest BCUT2D eigenvalue weighted by atomic mass is 10.1. The van der Waals surface area contributed by atoms with Crippen molar-refractivity contribution in [2.75, 3.05) is 52.5 Å². The van der Waals surface area contributed by atoms with E-state index in [1.165, 1.54) is 22.3 Å². The summed E-state index contributed by atoms with van der Waals surface area (Å²) >= 11 is 7.43. The molecule has 4 heterocycles. The third kappa shape index (κ3) is 5.71. The Morgan fingerprint density at radius 2 is 1.89 bits per heavy atom. The Bertz CT molecular complexity index is 1230. The highest BCUT2D eigenvalue weighted by Gasteiger charge is 2.36. The number of carbonyl (C=O) groups is 2. The first-order valence-corrected chi connectivity index (χ1v) is 15.1. The van der Waals surface area contributed by atoms with Gasteiger partial charge in [-0.25, -0.2) is 8.42 Å². The van der Waals surface area contributed by atoms with Crippen LogP contribution in [0.25, 0.3) is 10.1 Å². The van der Waals surface area contributed by atoms with E-state index in [9.17, 15) is 18.0 Å². The van der Waals surface area contributed by atoms with E-state index in [0.29, 0.717) is 30.3 Å². The molecule has 12 heteroatoms. The number of carbonyl (C=O) groups excluding carboxylic acids is 2. The van der Waals surface area contributed by atoms with Crippen molar-refractivity contribution in [1.82, 2.24) is 19.4 Å². The Kier molecular flexibility index (Phi) is 7.85. The number of halogens is 1. The Labute approximate surface area is 220 Å². The normalized spacial score (nSPS) is 24.1. The fraction of sp³-hybridized carbons (Fsp3) is 0.583. The number of nitrogens with one attached hydrogen (secondary N) is 1. The van der Waals surface area contributed by atoms with Gasteiger partial charge < -0.3 is 14.5 Å². The molecule has 0 unspecified atom stereocenters. The second-order valence-corrected chi connectivity index (χ2v) is 13.1. The Morgan fingerprint density at radius 3 is 2.69 bits per heavy atom. The molecule has 2 atom stereocenters. The van der Waals surface area contributed by atoms with E-state index in [1.807, 2.05) is 4.90 Å². The van der Waals surface area contributed by atoms with E-state index in [-0.39, 0.29) is 29.3 Å². The lowest BCUT2D eigenvalue weighted by Crippen LogP contribution is -2.55. The standard InChI is InChI=1S/C24H31ClN4O5S2/c25-22-14-17-13-19(5-6-21(17)35-22)36(32,33)26-20-4-2-7-28(24(20)31)16-23(30)29-8-1-3-18(29)15-27-9-11-34-12-10-27/h5-6,13-14,18,20,26H,1-4,7-12,15-16H2/t18-,20-/m0/s1. The molecule has 2 amide bonds. The molecule has 0 aliphatic carbocycles. The lowest BCUT2D eigenvalue weighted by molar-refractivity contribution is -0.143. The predicted molar refractivity (Wildman–Crippen MR) is 139 cm³/mol. The second-order valence-electron chi connectivity index (χ2n) is 9.62. The van der Waals surface area contributed by atoms with Crippen molar-refractivity contribution in [2.24, 2.45) is 0 Å². The summed E-state index contributed by atoms with van der Waals surface area (Å²) < 4.78 is 35.6. The zero-order valence-electron chi connectivity index (χ0n) is 20.0. The monoisotopic (exact) mass is 554 g/mol. The number of hydrogen-bond donors (Lipinski definition) is 1. The number of morpholine rings is 1. The molecule has 0 bridgehead atoms. The second kappa shape index (κ2) is 10.9. The fourth-order valence-electron chi connectivity index (χ4n) is 5.31. The lowest BCUT2D eigenvalue weighted by Gasteiger charge is -2.36. The van der Waals surface area contributed by atoms with E-state index < -0.39 is 16.1 Å².